The van der Waals surface area contributed by atoms with E-state index in [2.05, 4.69) is 16.5 Å². The summed E-state index contributed by atoms with van der Waals surface area (Å²) in [7, 11) is 0. The van der Waals surface area contributed by atoms with Gasteiger partial charge in [0, 0.05) is 6.04 Å². The van der Waals surface area contributed by atoms with Gasteiger partial charge in [0.15, 0.2) is 0 Å². The molecule has 1 fully saturated rings. The number of aromatic nitrogens is 2. The molecule has 1 aliphatic carbocycles. The molecule has 0 saturated heterocycles. The second-order valence-corrected chi connectivity index (χ2v) is 6.36. The average molecular weight is 283 g/mol. The highest BCUT2D eigenvalue weighted by molar-refractivity contribution is 6.35. The highest BCUT2D eigenvalue weighted by atomic mass is 35.5. The van der Waals surface area contributed by atoms with Gasteiger partial charge in [0.1, 0.15) is 5.82 Å². The summed E-state index contributed by atoms with van der Waals surface area (Å²) in [5.41, 5.74) is 1.99. The smallest absolute Gasteiger partial charge is 0.128 e. The van der Waals surface area contributed by atoms with Crippen LogP contribution in [0.3, 0.4) is 0 Å². The molecule has 18 heavy (non-hydrogen) atoms. The van der Waals surface area contributed by atoms with Gasteiger partial charge in [-0.15, -0.1) is 11.6 Å². The van der Waals surface area contributed by atoms with Gasteiger partial charge < -0.3 is 4.57 Å². The van der Waals surface area contributed by atoms with Gasteiger partial charge in [-0.1, -0.05) is 24.6 Å². The van der Waals surface area contributed by atoms with Crippen molar-refractivity contribution in [2.75, 3.05) is 0 Å². The van der Waals surface area contributed by atoms with E-state index in [0.717, 1.165) is 27.8 Å². The summed E-state index contributed by atoms with van der Waals surface area (Å²) < 4.78 is 2.26. The van der Waals surface area contributed by atoms with Crippen LogP contribution in [-0.4, -0.2) is 9.55 Å². The number of fused-ring (bicyclic) bond motifs is 1. The van der Waals surface area contributed by atoms with E-state index in [1.807, 2.05) is 25.1 Å². The van der Waals surface area contributed by atoms with Crippen LogP contribution in [0.25, 0.3) is 11.0 Å². The summed E-state index contributed by atoms with van der Waals surface area (Å²) in [6.45, 7) is 4.25. The number of benzene rings is 1. The predicted octanol–water partition coefficient (Wildman–Crippen LogP) is 4.96. The van der Waals surface area contributed by atoms with Crippen molar-refractivity contribution in [3.05, 3.63) is 29.0 Å². The molecule has 96 valence electrons. The molecule has 1 heterocycles. The van der Waals surface area contributed by atoms with Crippen LogP contribution in [0.4, 0.5) is 0 Å². The van der Waals surface area contributed by atoms with Crippen molar-refractivity contribution in [1.29, 1.82) is 0 Å². The molecule has 1 saturated carbocycles. The van der Waals surface area contributed by atoms with Crippen LogP contribution in [0.1, 0.15) is 43.9 Å². The molecule has 0 N–H and O–H groups in total. The molecule has 0 radical (unpaired) electrons. The van der Waals surface area contributed by atoms with Crippen molar-refractivity contribution in [2.45, 2.75) is 38.1 Å². The summed E-state index contributed by atoms with van der Waals surface area (Å²) in [4.78, 5) is 4.65. The first-order chi connectivity index (χ1) is 8.58. The van der Waals surface area contributed by atoms with E-state index in [4.69, 9.17) is 23.2 Å². The van der Waals surface area contributed by atoms with Crippen LogP contribution in [0.2, 0.25) is 5.02 Å². The fourth-order valence-corrected chi connectivity index (χ4v) is 3.26. The number of alkyl halides is 1. The van der Waals surface area contributed by atoms with Gasteiger partial charge in [-0.05, 0) is 37.8 Å². The maximum atomic E-state index is 6.34. The largest absolute Gasteiger partial charge is 0.322 e. The second-order valence-electron chi connectivity index (χ2n) is 5.29. The Bertz CT molecular complexity index is 583. The lowest BCUT2D eigenvalue weighted by molar-refractivity contribution is 0.216. The highest BCUT2D eigenvalue weighted by Crippen LogP contribution is 2.42. The first-order valence-corrected chi connectivity index (χ1v) is 7.19. The van der Waals surface area contributed by atoms with Crippen LogP contribution in [0, 0.1) is 5.92 Å². The molecular weight excluding hydrogens is 267 g/mol. The molecule has 1 aromatic heterocycles. The Hall–Kier alpha value is -0.730. The van der Waals surface area contributed by atoms with Gasteiger partial charge in [-0.3, -0.25) is 0 Å². The number of para-hydroxylation sites is 1. The van der Waals surface area contributed by atoms with Gasteiger partial charge >= 0.3 is 0 Å². The predicted molar refractivity (Wildman–Crippen MR) is 76.4 cm³/mol. The Morgan fingerprint density at radius 1 is 1.39 bits per heavy atom. The molecule has 3 rings (SSSR count). The molecule has 1 aliphatic rings. The molecule has 4 heteroatoms. The number of nitrogens with zero attached hydrogens (tertiary/aromatic N) is 2. The molecule has 2 nitrogen and oxygen atoms in total. The maximum Gasteiger partial charge on any atom is 0.128 e. The summed E-state index contributed by atoms with van der Waals surface area (Å²) in [6, 6.07) is 6.37. The average Bonchev–Trinajstić information content (AvgIpc) is 2.65. The third-order valence-electron chi connectivity index (χ3n) is 3.76. The van der Waals surface area contributed by atoms with E-state index in [9.17, 15) is 0 Å². The zero-order valence-electron chi connectivity index (χ0n) is 10.5. The monoisotopic (exact) mass is 282 g/mol. The van der Waals surface area contributed by atoms with Crippen molar-refractivity contribution < 1.29 is 0 Å². The molecule has 1 unspecified atom stereocenters. The lowest BCUT2D eigenvalue weighted by Crippen LogP contribution is -2.26. The molecular formula is C14H16Cl2N2. The zero-order valence-corrected chi connectivity index (χ0v) is 12.0. The number of imidazole rings is 1. The van der Waals surface area contributed by atoms with E-state index in [1.54, 1.807) is 0 Å². The number of halogens is 2. The van der Waals surface area contributed by atoms with Crippen molar-refractivity contribution in [3.8, 4) is 0 Å². The molecule has 2 aromatic rings. The van der Waals surface area contributed by atoms with Gasteiger partial charge in [0.25, 0.3) is 0 Å². The second kappa shape index (κ2) is 4.43. The van der Waals surface area contributed by atoms with E-state index < -0.39 is 0 Å². The van der Waals surface area contributed by atoms with Gasteiger partial charge in [0.2, 0.25) is 0 Å². The Labute approximate surface area is 117 Å². The molecule has 0 spiro atoms. The first-order valence-electron chi connectivity index (χ1n) is 6.38. The van der Waals surface area contributed by atoms with Crippen LogP contribution in [0.15, 0.2) is 18.2 Å². The molecule has 0 amide bonds. The van der Waals surface area contributed by atoms with Crippen LogP contribution < -0.4 is 0 Å². The molecule has 1 aromatic carbocycles. The molecule has 0 aliphatic heterocycles. The fraction of sp³-hybridized carbons (Fsp3) is 0.500. The first kappa shape index (κ1) is 12.3. The van der Waals surface area contributed by atoms with Crippen molar-refractivity contribution >= 4 is 34.2 Å². The van der Waals surface area contributed by atoms with Gasteiger partial charge in [-0.25, -0.2) is 4.98 Å². The summed E-state index contributed by atoms with van der Waals surface area (Å²) in [6.07, 6.45) is 2.38. The number of hydrogen-bond acceptors (Lipinski definition) is 1. The van der Waals surface area contributed by atoms with E-state index >= 15 is 0 Å². The fourth-order valence-electron chi connectivity index (χ4n) is 2.85. The molecule has 0 bridgehead atoms. The summed E-state index contributed by atoms with van der Waals surface area (Å²) in [5, 5.41) is 0.674. The zero-order chi connectivity index (χ0) is 12.9. The number of rotatable bonds is 2. The quantitative estimate of drug-likeness (QED) is 0.712. The number of hydrogen-bond donors (Lipinski definition) is 0. The maximum absolute atomic E-state index is 6.34. The highest BCUT2D eigenvalue weighted by Gasteiger charge is 2.31. The lowest BCUT2D eigenvalue weighted by Gasteiger charge is -2.35. The van der Waals surface area contributed by atoms with Crippen LogP contribution in [-0.2, 0) is 0 Å². The Balaban J connectivity index is 2.21. The lowest BCUT2D eigenvalue weighted by atomic mass is 9.81. The van der Waals surface area contributed by atoms with Crippen LogP contribution in [0.5, 0.6) is 0 Å². The third-order valence-corrected chi connectivity index (χ3v) is 4.26. The van der Waals surface area contributed by atoms with Crippen molar-refractivity contribution in [1.82, 2.24) is 9.55 Å². The SMILES string of the molecule is CC1CC(n2c(C(C)Cl)nc3cccc(Cl)c32)C1. The van der Waals surface area contributed by atoms with Gasteiger partial charge in [-0.2, -0.15) is 0 Å². The topological polar surface area (TPSA) is 17.8 Å². The van der Waals surface area contributed by atoms with Crippen molar-refractivity contribution in [2.24, 2.45) is 5.92 Å². The minimum atomic E-state index is -0.0932. The van der Waals surface area contributed by atoms with Crippen LogP contribution >= 0.6 is 23.2 Å². The third kappa shape index (κ3) is 1.83. The van der Waals surface area contributed by atoms with Crippen molar-refractivity contribution in [3.63, 3.8) is 0 Å². The summed E-state index contributed by atoms with van der Waals surface area (Å²) in [5.74, 6) is 1.73. The molecule has 1 atom stereocenters. The van der Waals surface area contributed by atoms with E-state index in [-0.39, 0.29) is 5.38 Å². The normalized spacial score (nSPS) is 25.1. The van der Waals surface area contributed by atoms with E-state index in [0.29, 0.717) is 6.04 Å². The van der Waals surface area contributed by atoms with Gasteiger partial charge in [0.05, 0.1) is 21.4 Å². The Morgan fingerprint density at radius 2 is 2.11 bits per heavy atom. The minimum Gasteiger partial charge on any atom is -0.322 e. The summed E-state index contributed by atoms with van der Waals surface area (Å²) >= 11 is 12.6. The standard InChI is InChI=1S/C14H16Cl2N2/c1-8-6-10(7-8)18-13-11(16)4-3-5-12(13)17-14(18)9(2)15/h3-5,8-10H,6-7H2,1-2H3. The Morgan fingerprint density at radius 3 is 2.72 bits per heavy atom. The Kier molecular flexibility index (Phi) is 3.03. The minimum absolute atomic E-state index is 0.0932. The van der Waals surface area contributed by atoms with E-state index in [1.165, 1.54) is 12.8 Å².